The fourth-order valence-electron chi connectivity index (χ4n) is 8.34. The molecule has 9 rings (SSSR count). The molecule has 0 aliphatic carbocycles. The van der Waals surface area contributed by atoms with Crippen molar-refractivity contribution >= 4 is 48.2 Å². The molecule has 0 amide bonds. The summed E-state index contributed by atoms with van der Waals surface area (Å²) < 4.78 is 44.5. The zero-order valence-corrected chi connectivity index (χ0v) is 32.8. The van der Waals surface area contributed by atoms with E-state index in [4.69, 9.17) is 9.47 Å². The molecule has 1 aliphatic rings. The zero-order valence-electron chi connectivity index (χ0n) is 32.0. The van der Waals surface area contributed by atoms with Gasteiger partial charge in [-0.05, 0) is 81.2 Å². The summed E-state index contributed by atoms with van der Waals surface area (Å²) in [5.74, 6) is -0.204. The van der Waals surface area contributed by atoms with Gasteiger partial charge in [-0.2, -0.15) is 0 Å². The molecule has 8 aromatic rings. The fourth-order valence-corrected chi connectivity index (χ4v) is 9.57. The number of pyridine rings is 1. The third-order valence-electron chi connectivity index (χ3n) is 11.1. The zero-order chi connectivity index (χ0) is 39.6. The van der Waals surface area contributed by atoms with E-state index in [1.807, 2.05) is 66.7 Å². The lowest BCUT2D eigenvalue weighted by atomic mass is 9.83. The summed E-state index contributed by atoms with van der Waals surface area (Å²) in [6, 6.07) is 53.5. The van der Waals surface area contributed by atoms with Gasteiger partial charge in [0.15, 0.2) is 6.29 Å². The van der Waals surface area contributed by atoms with E-state index >= 15 is 0 Å². The van der Waals surface area contributed by atoms with Crippen LogP contribution in [0.5, 0.6) is 0 Å². The number of fused-ring (bicyclic) bond motifs is 3. The molecule has 9 heteroatoms. The van der Waals surface area contributed by atoms with E-state index in [-0.39, 0.29) is 23.5 Å². The quantitative estimate of drug-likeness (QED) is 0.126. The lowest BCUT2D eigenvalue weighted by Gasteiger charge is -2.44. The Bertz CT molecular complexity index is 2770. The Hall–Kier alpha value is -5.94. The van der Waals surface area contributed by atoms with Crippen LogP contribution in [0.4, 0.5) is 5.69 Å². The standard InChI is InChI=1S/C49H43N3O5S/c1-52(30-43-41-20-7-5-14-37(41)28-38-15-6-8-21-42(38)43)31-44-46(34-12-3-2-4-13-34)48(36-25-23-33(32-53)24-26-36)57-49(56-44)39-17-9-19-40(29-39)51-58(54,55)45-22-10-16-35-18-11-27-50-47(35)45/h2-29,44,46,48-49,51,53H,30-32H2,1H3. The van der Waals surface area contributed by atoms with Gasteiger partial charge in [0.1, 0.15) is 4.90 Å². The highest BCUT2D eigenvalue weighted by atomic mass is 32.2. The summed E-state index contributed by atoms with van der Waals surface area (Å²) in [5, 5.41) is 15.5. The molecule has 290 valence electrons. The van der Waals surface area contributed by atoms with Crippen LogP contribution in [0, 0.1) is 0 Å². The van der Waals surface area contributed by atoms with Crippen LogP contribution in [0.15, 0.2) is 175 Å². The summed E-state index contributed by atoms with van der Waals surface area (Å²) in [7, 11) is -1.87. The minimum absolute atomic E-state index is 0.0620. The van der Waals surface area contributed by atoms with Gasteiger partial charge in [0, 0.05) is 41.8 Å². The number of sulfonamides is 1. The summed E-state index contributed by atoms with van der Waals surface area (Å²) in [4.78, 5) is 6.79. The van der Waals surface area contributed by atoms with E-state index in [0.29, 0.717) is 29.9 Å². The van der Waals surface area contributed by atoms with Crippen molar-refractivity contribution in [2.75, 3.05) is 18.3 Å². The van der Waals surface area contributed by atoms with Gasteiger partial charge in [-0.3, -0.25) is 14.6 Å². The van der Waals surface area contributed by atoms with E-state index in [1.165, 1.54) is 27.1 Å². The molecule has 0 bridgehead atoms. The van der Waals surface area contributed by atoms with Crippen molar-refractivity contribution in [2.45, 2.75) is 42.5 Å². The number of anilines is 1. The largest absolute Gasteiger partial charge is 0.392 e. The van der Waals surface area contributed by atoms with Crippen LogP contribution in [0.3, 0.4) is 0 Å². The molecular weight excluding hydrogens is 743 g/mol. The molecule has 7 aromatic carbocycles. The van der Waals surface area contributed by atoms with Crippen molar-refractivity contribution in [3.8, 4) is 0 Å². The molecule has 58 heavy (non-hydrogen) atoms. The number of nitrogens with zero attached hydrogens (tertiary/aromatic N) is 2. The number of hydrogen-bond acceptors (Lipinski definition) is 7. The Kier molecular flexibility index (Phi) is 10.5. The topological polar surface area (TPSA) is 101 Å². The SMILES string of the molecule is CN(Cc1c2ccccc2cc2ccccc12)CC1OC(c2cccc(NS(=O)(=O)c3cccc4cccnc34)c2)OC(c2ccc(CO)cc2)C1c1ccccc1. The molecule has 1 aromatic heterocycles. The number of nitrogens with one attached hydrogen (secondary N) is 1. The lowest BCUT2D eigenvalue weighted by molar-refractivity contribution is -0.263. The van der Waals surface area contributed by atoms with Crippen molar-refractivity contribution in [2.24, 2.45) is 0 Å². The average Bonchev–Trinajstić information content (AvgIpc) is 3.26. The number of ether oxygens (including phenoxy) is 2. The van der Waals surface area contributed by atoms with Crippen molar-refractivity contribution in [3.63, 3.8) is 0 Å². The number of aromatic nitrogens is 1. The van der Waals surface area contributed by atoms with Gasteiger partial charge in [-0.25, -0.2) is 8.42 Å². The number of likely N-dealkylation sites (N-methyl/N-ethyl adjacent to an activating group) is 1. The molecule has 2 heterocycles. The normalized spacial score (nSPS) is 18.5. The van der Waals surface area contributed by atoms with Gasteiger partial charge in [-0.1, -0.05) is 133 Å². The van der Waals surface area contributed by atoms with Crippen molar-refractivity contribution in [3.05, 3.63) is 198 Å². The first kappa shape index (κ1) is 37.6. The van der Waals surface area contributed by atoms with Crippen LogP contribution in [-0.4, -0.2) is 43.1 Å². The minimum Gasteiger partial charge on any atom is -0.392 e. The first-order valence-electron chi connectivity index (χ1n) is 19.4. The third-order valence-corrected chi connectivity index (χ3v) is 12.5. The lowest BCUT2D eigenvalue weighted by Crippen LogP contribution is -2.43. The molecule has 4 atom stereocenters. The monoisotopic (exact) mass is 785 g/mol. The highest BCUT2D eigenvalue weighted by Crippen LogP contribution is 2.47. The molecule has 1 fully saturated rings. The second-order valence-corrected chi connectivity index (χ2v) is 16.6. The number of aliphatic hydroxyl groups excluding tert-OH is 1. The van der Waals surface area contributed by atoms with Crippen LogP contribution in [0.25, 0.3) is 32.4 Å². The Balaban J connectivity index is 1.08. The van der Waals surface area contributed by atoms with Crippen LogP contribution in [0.2, 0.25) is 0 Å². The van der Waals surface area contributed by atoms with Gasteiger partial charge in [0.2, 0.25) is 0 Å². The third kappa shape index (κ3) is 7.58. The van der Waals surface area contributed by atoms with Crippen LogP contribution >= 0.6 is 0 Å². The highest BCUT2D eigenvalue weighted by Gasteiger charge is 2.42. The van der Waals surface area contributed by atoms with Gasteiger partial charge in [0.05, 0.1) is 24.3 Å². The van der Waals surface area contributed by atoms with E-state index in [2.05, 4.69) is 88.4 Å². The Morgan fingerprint density at radius 3 is 2.07 bits per heavy atom. The predicted octanol–water partition coefficient (Wildman–Crippen LogP) is 9.91. The fraction of sp³-hybridized carbons (Fsp3) is 0.163. The Labute approximate surface area is 338 Å². The predicted molar refractivity (Wildman–Crippen MR) is 230 cm³/mol. The molecule has 8 nitrogen and oxygen atoms in total. The maximum atomic E-state index is 13.8. The molecular formula is C49H43N3O5S. The van der Waals surface area contributed by atoms with E-state index in [1.54, 1.807) is 36.5 Å². The summed E-state index contributed by atoms with van der Waals surface area (Å²) in [6.45, 7) is 1.20. The van der Waals surface area contributed by atoms with Crippen molar-refractivity contribution in [1.82, 2.24) is 9.88 Å². The van der Waals surface area contributed by atoms with Gasteiger partial charge in [-0.15, -0.1) is 0 Å². The molecule has 1 aliphatic heterocycles. The van der Waals surface area contributed by atoms with Crippen LogP contribution < -0.4 is 4.72 Å². The summed E-state index contributed by atoms with van der Waals surface area (Å²) >= 11 is 0. The summed E-state index contributed by atoms with van der Waals surface area (Å²) in [5.41, 5.74) is 5.55. The van der Waals surface area contributed by atoms with E-state index in [0.717, 1.165) is 22.1 Å². The molecule has 0 saturated carbocycles. The maximum absolute atomic E-state index is 13.8. The molecule has 1 saturated heterocycles. The molecule has 4 unspecified atom stereocenters. The average molecular weight is 786 g/mol. The van der Waals surface area contributed by atoms with Gasteiger partial charge >= 0.3 is 0 Å². The second-order valence-electron chi connectivity index (χ2n) is 15.0. The van der Waals surface area contributed by atoms with Gasteiger partial charge < -0.3 is 14.6 Å². The van der Waals surface area contributed by atoms with Crippen molar-refractivity contribution in [1.29, 1.82) is 0 Å². The van der Waals surface area contributed by atoms with Gasteiger partial charge in [0.25, 0.3) is 10.0 Å². The number of aliphatic hydroxyl groups is 1. The minimum atomic E-state index is -4.00. The Morgan fingerprint density at radius 1 is 0.672 bits per heavy atom. The van der Waals surface area contributed by atoms with E-state index < -0.39 is 22.4 Å². The second kappa shape index (κ2) is 16.1. The van der Waals surface area contributed by atoms with Crippen molar-refractivity contribution < 1.29 is 23.0 Å². The Morgan fingerprint density at radius 2 is 1.33 bits per heavy atom. The highest BCUT2D eigenvalue weighted by molar-refractivity contribution is 7.93. The molecule has 0 spiro atoms. The van der Waals surface area contributed by atoms with E-state index in [9.17, 15) is 13.5 Å². The maximum Gasteiger partial charge on any atom is 0.264 e. The van der Waals surface area contributed by atoms with Crippen LogP contribution in [-0.2, 0) is 32.6 Å². The number of para-hydroxylation sites is 1. The number of benzene rings is 7. The smallest absolute Gasteiger partial charge is 0.264 e. The number of rotatable bonds is 11. The number of hydrogen-bond donors (Lipinski definition) is 2. The first-order chi connectivity index (χ1) is 28.3. The van der Waals surface area contributed by atoms with Crippen LogP contribution in [0.1, 0.15) is 46.1 Å². The summed E-state index contributed by atoms with van der Waals surface area (Å²) in [6.07, 6.45) is -0.0263. The molecule has 2 N–H and O–H groups in total. The molecule has 0 radical (unpaired) electrons. The first-order valence-corrected chi connectivity index (χ1v) is 20.9.